The van der Waals surface area contributed by atoms with Crippen LogP contribution < -0.4 is 0 Å². The number of benzene rings is 1. The zero-order chi connectivity index (χ0) is 9.10. The summed E-state index contributed by atoms with van der Waals surface area (Å²) in [6.07, 6.45) is 4.94. The first-order valence-corrected chi connectivity index (χ1v) is 3.91. The van der Waals surface area contributed by atoms with Gasteiger partial charge in [-0.3, -0.25) is 4.98 Å². The average molecular weight is 172 g/mol. The molecule has 3 heteroatoms. The van der Waals surface area contributed by atoms with Gasteiger partial charge < -0.3 is 5.21 Å². The summed E-state index contributed by atoms with van der Waals surface area (Å²) in [5, 5.41) is 13.5. The van der Waals surface area contributed by atoms with Gasteiger partial charge in [-0.25, -0.2) is 0 Å². The Balaban J connectivity index is 2.62. The molecule has 0 spiro atoms. The standard InChI is InChI=1S/C10H8N2O/c13-12-6-8-1-2-10-7-11-4-3-9(10)5-8/h1-7,13H. The molecule has 0 fully saturated rings. The maximum Gasteiger partial charge on any atom is 0.0734 e. The first-order valence-electron chi connectivity index (χ1n) is 3.91. The summed E-state index contributed by atoms with van der Waals surface area (Å²) >= 11 is 0. The topological polar surface area (TPSA) is 45.5 Å². The average Bonchev–Trinajstić information content (AvgIpc) is 2.18. The minimum Gasteiger partial charge on any atom is -0.411 e. The summed E-state index contributed by atoms with van der Waals surface area (Å²) in [5.74, 6) is 0. The van der Waals surface area contributed by atoms with E-state index >= 15 is 0 Å². The van der Waals surface area contributed by atoms with Gasteiger partial charge in [0.15, 0.2) is 0 Å². The number of nitrogens with zero attached hydrogens (tertiary/aromatic N) is 2. The fourth-order valence-corrected chi connectivity index (χ4v) is 1.25. The van der Waals surface area contributed by atoms with Gasteiger partial charge in [-0.1, -0.05) is 17.3 Å². The molecule has 1 N–H and O–H groups in total. The van der Waals surface area contributed by atoms with E-state index in [1.54, 1.807) is 12.4 Å². The molecule has 1 aromatic carbocycles. The summed E-state index contributed by atoms with van der Waals surface area (Å²) in [5.41, 5.74) is 0.876. The Morgan fingerprint density at radius 3 is 3.00 bits per heavy atom. The Hall–Kier alpha value is -1.90. The summed E-state index contributed by atoms with van der Waals surface area (Å²) in [6.45, 7) is 0. The summed E-state index contributed by atoms with van der Waals surface area (Å²) < 4.78 is 0. The molecule has 13 heavy (non-hydrogen) atoms. The van der Waals surface area contributed by atoms with E-state index < -0.39 is 0 Å². The lowest BCUT2D eigenvalue weighted by Gasteiger charge is -1.96. The SMILES string of the molecule is ON=Cc1ccc2cnccc2c1. The van der Waals surface area contributed by atoms with Crippen molar-refractivity contribution in [2.24, 2.45) is 5.16 Å². The van der Waals surface area contributed by atoms with Crippen molar-refractivity contribution in [1.29, 1.82) is 0 Å². The highest BCUT2D eigenvalue weighted by Gasteiger charge is 1.93. The molecule has 3 nitrogen and oxygen atoms in total. The number of hydrogen-bond donors (Lipinski definition) is 1. The van der Waals surface area contributed by atoms with Crippen molar-refractivity contribution in [3.05, 3.63) is 42.2 Å². The van der Waals surface area contributed by atoms with Crippen LogP contribution in [0.15, 0.2) is 41.8 Å². The van der Waals surface area contributed by atoms with Crippen LogP contribution >= 0.6 is 0 Å². The van der Waals surface area contributed by atoms with Gasteiger partial charge in [-0.15, -0.1) is 0 Å². The molecule has 0 aliphatic rings. The Labute approximate surface area is 75.3 Å². The molecule has 0 unspecified atom stereocenters. The second-order valence-electron chi connectivity index (χ2n) is 2.73. The van der Waals surface area contributed by atoms with Crippen LogP contribution in [-0.4, -0.2) is 16.4 Å². The monoisotopic (exact) mass is 172 g/mol. The van der Waals surface area contributed by atoms with E-state index in [9.17, 15) is 0 Å². The Morgan fingerprint density at radius 1 is 1.23 bits per heavy atom. The van der Waals surface area contributed by atoms with Crippen LogP contribution in [0.4, 0.5) is 0 Å². The van der Waals surface area contributed by atoms with E-state index in [2.05, 4.69) is 10.1 Å². The number of aromatic nitrogens is 1. The molecule has 2 rings (SSSR count). The van der Waals surface area contributed by atoms with Crippen LogP contribution in [-0.2, 0) is 0 Å². The van der Waals surface area contributed by atoms with Gasteiger partial charge in [-0.05, 0) is 23.1 Å². The lowest BCUT2D eigenvalue weighted by molar-refractivity contribution is 0.322. The molecule has 1 heterocycles. The highest BCUT2D eigenvalue weighted by atomic mass is 16.4. The van der Waals surface area contributed by atoms with Crippen molar-refractivity contribution < 1.29 is 5.21 Å². The fourth-order valence-electron chi connectivity index (χ4n) is 1.25. The number of rotatable bonds is 1. The fraction of sp³-hybridized carbons (Fsp3) is 0. The van der Waals surface area contributed by atoms with Crippen LogP contribution in [0.1, 0.15) is 5.56 Å². The van der Waals surface area contributed by atoms with E-state index in [0.717, 1.165) is 16.3 Å². The highest BCUT2D eigenvalue weighted by molar-refractivity contribution is 5.89. The number of pyridine rings is 1. The predicted molar refractivity (Wildman–Crippen MR) is 51.1 cm³/mol. The third-order valence-electron chi connectivity index (χ3n) is 1.87. The van der Waals surface area contributed by atoms with Crippen molar-refractivity contribution in [1.82, 2.24) is 4.98 Å². The van der Waals surface area contributed by atoms with Gasteiger partial charge in [0.05, 0.1) is 6.21 Å². The zero-order valence-corrected chi connectivity index (χ0v) is 6.88. The largest absolute Gasteiger partial charge is 0.411 e. The smallest absolute Gasteiger partial charge is 0.0734 e. The van der Waals surface area contributed by atoms with Crippen molar-refractivity contribution in [3.8, 4) is 0 Å². The third-order valence-corrected chi connectivity index (χ3v) is 1.87. The van der Waals surface area contributed by atoms with Gasteiger partial charge >= 0.3 is 0 Å². The van der Waals surface area contributed by atoms with Gasteiger partial charge in [0.2, 0.25) is 0 Å². The summed E-state index contributed by atoms with van der Waals surface area (Å²) in [4.78, 5) is 4.01. The van der Waals surface area contributed by atoms with E-state index in [-0.39, 0.29) is 0 Å². The van der Waals surface area contributed by atoms with Gasteiger partial charge in [0.1, 0.15) is 0 Å². The number of oxime groups is 1. The van der Waals surface area contributed by atoms with Crippen LogP contribution in [0.3, 0.4) is 0 Å². The van der Waals surface area contributed by atoms with Crippen molar-refractivity contribution in [2.45, 2.75) is 0 Å². The Morgan fingerprint density at radius 2 is 2.15 bits per heavy atom. The molecular formula is C10H8N2O. The van der Waals surface area contributed by atoms with Crippen LogP contribution in [0, 0.1) is 0 Å². The summed E-state index contributed by atoms with van der Waals surface area (Å²) in [7, 11) is 0. The van der Waals surface area contributed by atoms with Crippen LogP contribution in [0.2, 0.25) is 0 Å². The Bertz CT molecular complexity index is 451. The molecule has 64 valence electrons. The molecule has 0 saturated carbocycles. The lowest BCUT2D eigenvalue weighted by atomic mass is 10.1. The van der Waals surface area contributed by atoms with E-state index in [1.165, 1.54) is 6.21 Å². The van der Waals surface area contributed by atoms with E-state index in [0.29, 0.717) is 0 Å². The maximum absolute atomic E-state index is 8.35. The predicted octanol–water partition coefficient (Wildman–Crippen LogP) is 2.04. The quantitative estimate of drug-likeness (QED) is 0.406. The van der Waals surface area contributed by atoms with Gasteiger partial charge in [0, 0.05) is 17.8 Å². The number of hydrogen-bond acceptors (Lipinski definition) is 3. The molecule has 0 aliphatic carbocycles. The van der Waals surface area contributed by atoms with E-state index in [4.69, 9.17) is 5.21 Å². The first-order chi connectivity index (χ1) is 6.40. The second-order valence-corrected chi connectivity index (χ2v) is 2.73. The molecule has 0 saturated heterocycles. The van der Waals surface area contributed by atoms with Gasteiger partial charge in [0.25, 0.3) is 0 Å². The molecule has 0 amide bonds. The molecular weight excluding hydrogens is 164 g/mol. The molecule has 0 aliphatic heterocycles. The minimum atomic E-state index is 0.876. The van der Waals surface area contributed by atoms with E-state index in [1.807, 2.05) is 24.3 Å². The number of fused-ring (bicyclic) bond motifs is 1. The van der Waals surface area contributed by atoms with Crippen LogP contribution in [0.25, 0.3) is 10.8 Å². The second kappa shape index (κ2) is 3.23. The highest BCUT2D eigenvalue weighted by Crippen LogP contribution is 2.12. The third kappa shape index (κ3) is 1.49. The van der Waals surface area contributed by atoms with Gasteiger partial charge in [-0.2, -0.15) is 0 Å². The first kappa shape index (κ1) is 7.73. The lowest BCUT2D eigenvalue weighted by Crippen LogP contribution is -1.81. The minimum absolute atomic E-state index is 0.876. The Kier molecular flexibility index (Phi) is 1.92. The molecule has 1 aromatic heterocycles. The molecule has 0 atom stereocenters. The maximum atomic E-state index is 8.35. The summed E-state index contributed by atoms with van der Waals surface area (Å²) in [6, 6.07) is 7.68. The molecule has 0 radical (unpaired) electrons. The van der Waals surface area contributed by atoms with Crippen molar-refractivity contribution in [2.75, 3.05) is 0 Å². The normalized spacial score (nSPS) is 11.1. The molecule has 2 aromatic rings. The van der Waals surface area contributed by atoms with Crippen molar-refractivity contribution >= 4 is 17.0 Å². The molecule has 0 bridgehead atoms. The zero-order valence-electron chi connectivity index (χ0n) is 6.88. The van der Waals surface area contributed by atoms with Crippen LogP contribution in [0.5, 0.6) is 0 Å². The van der Waals surface area contributed by atoms with Crippen molar-refractivity contribution in [3.63, 3.8) is 0 Å².